The van der Waals surface area contributed by atoms with Crippen molar-refractivity contribution in [3.8, 4) is 16.9 Å². The lowest BCUT2D eigenvalue weighted by molar-refractivity contribution is 0.0549. The number of hydrogen-bond acceptors (Lipinski definition) is 5. The van der Waals surface area contributed by atoms with E-state index in [1.165, 1.54) is 25.0 Å². The summed E-state index contributed by atoms with van der Waals surface area (Å²) in [5, 5.41) is 5.49. The molecule has 0 unspecified atom stereocenters. The van der Waals surface area contributed by atoms with Crippen molar-refractivity contribution in [3.63, 3.8) is 0 Å². The molecule has 0 radical (unpaired) electrons. The Morgan fingerprint density at radius 2 is 1.50 bits per heavy atom. The molecule has 4 rings (SSSR count). The lowest BCUT2D eigenvalue weighted by atomic mass is 9.98. The first-order valence-electron chi connectivity index (χ1n) is 9.09. The Bertz CT molecular complexity index is 1270. The summed E-state index contributed by atoms with van der Waals surface area (Å²) < 4.78 is 25.6. The van der Waals surface area contributed by atoms with Crippen LogP contribution < -0.4 is 0 Å². The van der Waals surface area contributed by atoms with E-state index in [1.54, 1.807) is 54.6 Å². The fourth-order valence-corrected chi connectivity index (χ4v) is 3.42. The quantitative estimate of drug-likeness (QED) is 0.472. The van der Waals surface area contributed by atoms with Gasteiger partial charge in [0.15, 0.2) is 5.69 Å². The van der Waals surface area contributed by atoms with Crippen molar-refractivity contribution in [2.24, 2.45) is 0 Å². The van der Waals surface area contributed by atoms with Crippen molar-refractivity contribution in [1.82, 2.24) is 9.78 Å². The molecule has 1 aromatic heterocycles. The normalized spacial score (nSPS) is 10.8. The zero-order chi connectivity index (χ0) is 21.3. The molecule has 0 fully saturated rings. The molecule has 0 aliphatic heterocycles. The number of carbonyl (C=O) groups excluding carboxylic acids is 2. The van der Waals surface area contributed by atoms with E-state index in [2.05, 4.69) is 5.10 Å². The van der Waals surface area contributed by atoms with Gasteiger partial charge in [-0.15, -0.1) is 0 Å². The van der Waals surface area contributed by atoms with Crippen LogP contribution in [0, 0.1) is 5.82 Å². The third-order valence-electron chi connectivity index (χ3n) is 4.78. The largest absolute Gasteiger partial charge is 0.465 e. The molecule has 1 heterocycles. The standard InChI is InChI=1S/C23H17FN2O4/c1-29-22(27)19-20(17-12-6-11-16-15(17)10-7-13-18(16)24)25-26(21(19)23(28)30-2)14-8-4-3-5-9-14/h3-13H,1-2H3. The van der Waals surface area contributed by atoms with Crippen molar-refractivity contribution in [2.75, 3.05) is 14.2 Å². The zero-order valence-electron chi connectivity index (χ0n) is 16.3. The van der Waals surface area contributed by atoms with Gasteiger partial charge in [-0.3, -0.25) is 0 Å². The van der Waals surface area contributed by atoms with Gasteiger partial charge in [-0.1, -0.05) is 48.5 Å². The first kappa shape index (κ1) is 19.3. The summed E-state index contributed by atoms with van der Waals surface area (Å²) >= 11 is 0. The van der Waals surface area contributed by atoms with Gasteiger partial charge in [0.25, 0.3) is 0 Å². The van der Waals surface area contributed by atoms with Crippen LogP contribution in [0.4, 0.5) is 4.39 Å². The number of methoxy groups -OCH3 is 2. The number of fused-ring (bicyclic) bond motifs is 1. The van der Waals surface area contributed by atoms with Crippen LogP contribution in [0.5, 0.6) is 0 Å². The maximum atomic E-state index is 14.3. The number of para-hydroxylation sites is 1. The molecule has 0 spiro atoms. The Morgan fingerprint density at radius 3 is 2.20 bits per heavy atom. The Labute approximate surface area is 171 Å². The van der Waals surface area contributed by atoms with Gasteiger partial charge in [0.2, 0.25) is 0 Å². The summed E-state index contributed by atoms with van der Waals surface area (Å²) in [5.41, 5.74) is 1.12. The number of nitrogens with zero attached hydrogens (tertiary/aromatic N) is 2. The van der Waals surface area contributed by atoms with E-state index >= 15 is 0 Å². The monoisotopic (exact) mass is 404 g/mol. The van der Waals surface area contributed by atoms with Crippen LogP contribution in [0.2, 0.25) is 0 Å². The molecule has 4 aromatic rings. The molecule has 30 heavy (non-hydrogen) atoms. The van der Waals surface area contributed by atoms with Crippen molar-refractivity contribution in [2.45, 2.75) is 0 Å². The molecule has 0 N–H and O–H groups in total. The van der Waals surface area contributed by atoms with Crippen molar-refractivity contribution < 1.29 is 23.5 Å². The molecule has 0 atom stereocenters. The van der Waals surface area contributed by atoms with Crippen LogP contribution in [0.15, 0.2) is 66.7 Å². The minimum Gasteiger partial charge on any atom is -0.465 e. The number of aromatic nitrogens is 2. The number of rotatable bonds is 4. The van der Waals surface area contributed by atoms with Gasteiger partial charge in [0, 0.05) is 10.9 Å². The van der Waals surface area contributed by atoms with Crippen LogP contribution >= 0.6 is 0 Å². The zero-order valence-corrected chi connectivity index (χ0v) is 16.3. The Hall–Kier alpha value is -4.00. The molecule has 3 aromatic carbocycles. The molecular weight excluding hydrogens is 387 g/mol. The highest BCUT2D eigenvalue weighted by Gasteiger charge is 2.31. The second-order valence-electron chi connectivity index (χ2n) is 6.44. The first-order valence-corrected chi connectivity index (χ1v) is 9.09. The lowest BCUT2D eigenvalue weighted by Crippen LogP contribution is -2.15. The number of halogens is 1. The van der Waals surface area contributed by atoms with Gasteiger partial charge < -0.3 is 9.47 Å². The topological polar surface area (TPSA) is 70.4 Å². The summed E-state index contributed by atoms with van der Waals surface area (Å²) in [7, 11) is 2.44. The van der Waals surface area contributed by atoms with E-state index in [-0.39, 0.29) is 17.0 Å². The fourth-order valence-electron chi connectivity index (χ4n) is 3.42. The van der Waals surface area contributed by atoms with Crippen LogP contribution in [0.3, 0.4) is 0 Å². The molecule has 0 aliphatic rings. The van der Waals surface area contributed by atoms with Gasteiger partial charge in [-0.25, -0.2) is 18.7 Å². The Balaban J connectivity index is 2.11. The Morgan fingerprint density at radius 1 is 0.833 bits per heavy atom. The van der Waals surface area contributed by atoms with Crippen molar-refractivity contribution in [1.29, 1.82) is 0 Å². The van der Waals surface area contributed by atoms with Crippen molar-refractivity contribution in [3.05, 3.63) is 83.8 Å². The van der Waals surface area contributed by atoms with E-state index in [0.29, 0.717) is 22.0 Å². The Kier molecular flexibility index (Phi) is 5.02. The minimum atomic E-state index is -0.749. The maximum absolute atomic E-state index is 14.3. The maximum Gasteiger partial charge on any atom is 0.357 e. The predicted molar refractivity (Wildman–Crippen MR) is 109 cm³/mol. The molecule has 0 bridgehead atoms. The predicted octanol–water partition coefficient (Wildman–Crippen LogP) is 4.40. The van der Waals surface area contributed by atoms with E-state index in [4.69, 9.17) is 9.47 Å². The van der Waals surface area contributed by atoms with E-state index in [1.807, 2.05) is 6.07 Å². The van der Waals surface area contributed by atoms with Crippen LogP contribution in [0.1, 0.15) is 20.8 Å². The fraction of sp³-hybridized carbons (Fsp3) is 0.0870. The second-order valence-corrected chi connectivity index (χ2v) is 6.44. The molecule has 0 saturated carbocycles. The number of hydrogen-bond donors (Lipinski definition) is 0. The summed E-state index contributed by atoms with van der Waals surface area (Å²) in [6, 6.07) is 18.6. The van der Waals surface area contributed by atoms with E-state index in [0.717, 1.165) is 0 Å². The molecular formula is C23H17FN2O4. The van der Waals surface area contributed by atoms with Crippen molar-refractivity contribution >= 4 is 22.7 Å². The van der Waals surface area contributed by atoms with Crippen LogP contribution in [-0.4, -0.2) is 35.9 Å². The van der Waals surface area contributed by atoms with Gasteiger partial charge >= 0.3 is 11.9 Å². The van der Waals surface area contributed by atoms with E-state index in [9.17, 15) is 14.0 Å². The highest BCUT2D eigenvalue weighted by atomic mass is 19.1. The first-order chi connectivity index (χ1) is 14.6. The molecule has 7 heteroatoms. The van der Waals surface area contributed by atoms with Crippen LogP contribution in [0.25, 0.3) is 27.7 Å². The molecule has 150 valence electrons. The molecule has 0 amide bonds. The third-order valence-corrected chi connectivity index (χ3v) is 4.78. The highest BCUT2D eigenvalue weighted by molar-refractivity contribution is 6.09. The van der Waals surface area contributed by atoms with Crippen LogP contribution in [-0.2, 0) is 9.47 Å². The number of benzene rings is 3. The highest BCUT2D eigenvalue weighted by Crippen LogP contribution is 2.34. The summed E-state index contributed by atoms with van der Waals surface area (Å²) in [5.74, 6) is -1.89. The third kappa shape index (κ3) is 3.10. The molecule has 0 aliphatic carbocycles. The molecule has 0 saturated heterocycles. The number of ether oxygens (including phenoxy) is 2. The van der Waals surface area contributed by atoms with Gasteiger partial charge in [0.1, 0.15) is 17.1 Å². The van der Waals surface area contributed by atoms with E-state index < -0.39 is 17.8 Å². The minimum absolute atomic E-state index is 0.0510. The van der Waals surface area contributed by atoms with Gasteiger partial charge in [-0.2, -0.15) is 5.10 Å². The average Bonchev–Trinajstić information content (AvgIpc) is 3.19. The SMILES string of the molecule is COC(=O)c1c(-c2cccc3c(F)cccc23)nn(-c2ccccc2)c1C(=O)OC. The second kappa shape index (κ2) is 7.79. The average molecular weight is 404 g/mol. The summed E-state index contributed by atoms with van der Waals surface area (Å²) in [6.45, 7) is 0. The lowest BCUT2D eigenvalue weighted by Gasteiger charge is -2.07. The smallest absolute Gasteiger partial charge is 0.357 e. The van der Waals surface area contributed by atoms with Gasteiger partial charge in [0.05, 0.1) is 19.9 Å². The number of carbonyl (C=O) groups is 2. The summed E-state index contributed by atoms with van der Waals surface area (Å²) in [4.78, 5) is 25.4. The number of esters is 2. The summed E-state index contributed by atoms with van der Waals surface area (Å²) in [6.07, 6.45) is 0. The molecule has 6 nitrogen and oxygen atoms in total. The van der Waals surface area contributed by atoms with Gasteiger partial charge in [-0.05, 0) is 23.6 Å².